The van der Waals surface area contributed by atoms with E-state index in [9.17, 15) is 17.6 Å². The number of carbonyl (C=O) groups is 1. The predicted octanol–water partition coefficient (Wildman–Crippen LogP) is 1.93. The molecule has 2 aromatic rings. The van der Waals surface area contributed by atoms with Gasteiger partial charge in [-0.2, -0.15) is 0 Å². The molecule has 1 N–H and O–H groups in total. The Morgan fingerprint density at radius 3 is 2.50 bits per heavy atom. The van der Waals surface area contributed by atoms with Gasteiger partial charge in [-0.3, -0.25) is 4.79 Å². The molecule has 0 atom stereocenters. The Hall–Kier alpha value is -2.25. The van der Waals surface area contributed by atoms with Gasteiger partial charge in [0, 0.05) is 20.6 Å². The van der Waals surface area contributed by atoms with Gasteiger partial charge in [-0.15, -0.1) is 0 Å². The molecule has 5 nitrogen and oxygen atoms in total. The molecule has 0 unspecified atom stereocenters. The number of halogens is 1. The van der Waals surface area contributed by atoms with E-state index in [0.29, 0.717) is 11.1 Å². The summed E-state index contributed by atoms with van der Waals surface area (Å²) in [5.41, 5.74) is 1.06. The van der Waals surface area contributed by atoms with Crippen LogP contribution < -0.4 is 5.32 Å². The van der Waals surface area contributed by atoms with Crippen molar-refractivity contribution in [2.24, 2.45) is 0 Å². The minimum atomic E-state index is -3.59. The maximum Gasteiger partial charge on any atom is 0.242 e. The number of nitrogens with zero attached hydrogens (tertiary/aromatic N) is 1. The summed E-state index contributed by atoms with van der Waals surface area (Å²) in [6.45, 7) is 0.0807. The van der Waals surface area contributed by atoms with E-state index in [-0.39, 0.29) is 23.8 Å². The molecular formula is C17H19FN2O3S. The highest BCUT2D eigenvalue weighted by atomic mass is 32.2. The first-order valence-electron chi connectivity index (χ1n) is 7.32. The average molecular weight is 350 g/mol. The fraction of sp³-hybridized carbons (Fsp3) is 0.235. The molecular weight excluding hydrogens is 331 g/mol. The lowest BCUT2D eigenvalue weighted by atomic mass is 10.1. The molecule has 2 rings (SSSR count). The van der Waals surface area contributed by atoms with Crippen molar-refractivity contribution in [1.82, 2.24) is 9.62 Å². The minimum Gasteiger partial charge on any atom is -0.352 e. The van der Waals surface area contributed by atoms with Gasteiger partial charge in [0.05, 0.1) is 11.3 Å². The van der Waals surface area contributed by atoms with Crippen molar-refractivity contribution in [3.8, 4) is 0 Å². The van der Waals surface area contributed by atoms with Crippen LogP contribution in [0.5, 0.6) is 0 Å². The molecule has 0 spiro atoms. The van der Waals surface area contributed by atoms with E-state index in [1.807, 2.05) is 0 Å². The molecule has 0 aliphatic heterocycles. The van der Waals surface area contributed by atoms with Crippen LogP contribution in [0.4, 0.5) is 4.39 Å². The number of hydrogen-bond donors (Lipinski definition) is 1. The summed E-state index contributed by atoms with van der Waals surface area (Å²) in [4.78, 5) is 12.2. The molecule has 0 fully saturated rings. The number of sulfonamides is 1. The minimum absolute atomic E-state index is 0.0281. The van der Waals surface area contributed by atoms with Gasteiger partial charge in [-0.25, -0.2) is 17.1 Å². The quantitative estimate of drug-likeness (QED) is 0.866. The van der Waals surface area contributed by atoms with Gasteiger partial charge in [0.1, 0.15) is 5.82 Å². The standard InChI is InChI=1S/C17H19FN2O3S/c1-20(2)24(22,23)16-9-4-3-7-14(16)12-19-17(21)11-13-6-5-8-15(18)10-13/h3-10H,11-12H2,1-2H3,(H,19,21). The molecule has 2 aromatic carbocycles. The van der Waals surface area contributed by atoms with Crippen molar-refractivity contribution < 1.29 is 17.6 Å². The Bertz CT molecular complexity index is 835. The van der Waals surface area contributed by atoms with E-state index in [1.165, 1.54) is 38.4 Å². The van der Waals surface area contributed by atoms with Crippen LogP contribution in [0.1, 0.15) is 11.1 Å². The van der Waals surface area contributed by atoms with Gasteiger partial charge in [0.2, 0.25) is 15.9 Å². The summed E-state index contributed by atoms with van der Waals surface area (Å²) < 4.78 is 38.8. The fourth-order valence-electron chi connectivity index (χ4n) is 2.19. The first-order valence-corrected chi connectivity index (χ1v) is 8.76. The number of nitrogens with one attached hydrogen (secondary N) is 1. The zero-order valence-corrected chi connectivity index (χ0v) is 14.3. The topological polar surface area (TPSA) is 66.5 Å². The number of hydrogen-bond acceptors (Lipinski definition) is 3. The number of carbonyl (C=O) groups excluding carboxylic acids is 1. The van der Waals surface area contributed by atoms with E-state index >= 15 is 0 Å². The summed E-state index contributed by atoms with van der Waals surface area (Å²) in [6.07, 6.45) is 0.0281. The van der Waals surface area contributed by atoms with Crippen molar-refractivity contribution in [2.45, 2.75) is 17.9 Å². The molecule has 0 radical (unpaired) electrons. The Kier molecular flexibility index (Phi) is 5.69. The third kappa shape index (κ3) is 4.39. The highest BCUT2D eigenvalue weighted by molar-refractivity contribution is 7.89. The molecule has 0 aliphatic rings. The molecule has 0 bridgehead atoms. The summed E-state index contributed by atoms with van der Waals surface area (Å²) in [6, 6.07) is 12.3. The summed E-state index contributed by atoms with van der Waals surface area (Å²) in [5.74, 6) is -0.708. The molecule has 128 valence electrons. The van der Waals surface area contributed by atoms with Crippen LogP contribution in [-0.4, -0.2) is 32.7 Å². The molecule has 0 aliphatic carbocycles. The second-order valence-electron chi connectivity index (χ2n) is 5.48. The van der Waals surface area contributed by atoms with E-state index in [4.69, 9.17) is 0 Å². The smallest absolute Gasteiger partial charge is 0.242 e. The average Bonchev–Trinajstić information content (AvgIpc) is 2.53. The van der Waals surface area contributed by atoms with Gasteiger partial charge < -0.3 is 5.32 Å². The second kappa shape index (κ2) is 7.55. The van der Waals surface area contributed by atoms with Crippen molar-refractivity contribution in [1.29, 1.82) is 0 Å². The second-order valence-corrected chi connectivity index (χ2v) is 7.60. The molecule has 24 heavy (non-hydrogen) atoms. The predicted molar refractivity (Wildman–Crippen MR) is 89.3 cm³/mol. The van der Waals surface area contributed by atoms with E-state index in [1.54, 1.807) is 24.3 Å². The largest absolute Gasteiger partial charge is 0.352 e. The van der Waals surface area contributed by atoms with E-state index in [2.05, 4.69) is 5.32 Å². The monoisotopic (exact) mass is 350 g/mol. The molecule has 0 aromatic heterocycles. The lowest BCUT2D eigenvalue weighted by Crippen LogP contribution is -2.27. The lowest BCUT2D eigenvalue weighted by Gasteiger charge is -2.15. The van der Waals surface area contributed by atoms with Gasteiger partial charge in [-0.05, 0) is 29.3 Å². The Morgan fingerprint density at radius 2 is 1.83 bits per heavy atom. The van der Waals surface area contributed by atoms with Crippen LogP contribution >= 0.6 is 0 Å². The number of amides is 1. The first kappa shape index (κ1) is 18.1. The third-order valence-corrected chi connectivity index (χ3v) is 5.38. The lowest BCUT2D eigenvalue weighted by molar-refractivity contribution is -0.120. The highest BCUT2D eigenvalue weighted by Gasteiger charge is 2.20. The molecule has 7 heteroatoms. The van der Waals surface area contributed by atoms with Crippen molar-refractivity contribution in [2.75, 3.05) is 14.1 Å². The summed E-state index contributed by atoms with van der Waals surface area (Å²) >= 11 is 0. The molecule has 0 saturated heterocycles. The zero-order chi connectivity index (χ0) is 17.7. The van der Waals surface area contributed by atoms with Crippen molar-refractivity contribution >= 4 is 15.9 Å². The number of rotatable bonds is 6. The van der Waals surface area contributed by atoms with E-state index < -0.39 is 15.8 Å². The Balaban J connectivity index is 2.09. The zero-order valence-electron chi connectivity index (χ0n) is 13.5. The van der Waals surface area contributed by atoms with Crippen LogP contribution in [0, 0.1) is 5.82 Å². The van der Waals surface area contributed by atoms with Crippen molar-refractivity contribution in [3.63, 3.8) is 0 Å². The van der Waals surface area contributed by atoms with Gasteiger partial charge in [-0.1, -0.05) is 30.3 Å². The fourth-order valence-corrected chi connectivity index (χ4v) is 3.30. The van der Waals surface area contributed by atoms with Crippen LogP contribution in [-0.2, 0) is 27.8 Å². The number of benzene rings is 2. The molecule has 0 heterocycles. The Labute approximate surface area is 141 Å². The third-order valence-electron chi connectivity index (χ3n) is 3.46. The normalized spacial score (nSPS) is 11.5. The van der Waals surface area contributed by atoms with Gasteiger partial charge in [0.25, 0.3) is 0 Å². The summed E-state index contributed by atoms with van der Waals surface area (Å²) in [7, 11) is -0.681. The first-order chi connectivity index (χ1) is 11.3. The van der Waals surface area contributed by atoms with Crippen LogP contribution in [0.3, 0.4) is 0 Å². The van der Waals surface area contributed by atoms with Crippen molar-refractivity contribution in [3.05, 3.63) is 65.5 Å². The van der Waals surface area contributed by atoms with Gasteiger partial charge >= 0.3 is 0 Å². The van der Waals surface area contributed by atoms with Crippen LogP contribution in [0.2, 0.25) is 0 Å². The molecule has 0 saturated carbocycles. The maximum atomic E-state index is 13.1. The van der Waals surface area contributed by atoms with Crippen LogP contribution in [0.15, 0.2) is 53.4 Å². The maximum absolute atomic E-state index is 13.1. The Morgan fingerprint density at radius 1 is 1.12 bits per heavy atom. The van der Waals surface area contributed by atoms with Crippen LogP contribution in [0.25, 0.3) is 0 Å². The van der Waals surface area contributed by atoms with Gasteiger partial charge in [0.15, 0.2) is 0 Å². The SMILES string of the molecule is CN(C)S(=O)(=O)c1ccccc1CNC(=O)Cc1cccc(F)c1. The van der Waals surface area contributed by atoms with E-state index in [0.717, 1.165) is 4.31 Å². The summed E-state index contributed by atoms with van der Waals surface area (Å²) in [5, 5.41) is 2.67. The molecule has 1 amide bonds. The highest BCUT2D eigenvalue weighted by Crippen LogP contribution is 2.18.